The molecule has 2 aliphatic heterocycles. The Morgan fingerprint density at radius 1 is 1.08 bits per heavy atom. The summed E-state index contributed by atoms with van der Waals surface area (Å²) >= 11 is 0. The van der Waals surface area contributed by atoms with Gasteiger partial charge in [0.25, 0.3) is 0 Å². The monoisotopic (exact) mass is 503 g/mol. The molecule has 3 aliphatic rings. The lowest BCUT2D eigenvalue weighted by Crippen LogP contribution is -2.59. The number of nitrogens with zero attached hydrogens (tertiary/aromatic N) is 1. The second kappa shape index (κ2) is 9.54. The SMILES string of the molecule is CCCC(C)(c1ccc(F)cc1)C1CC2C(=C3C(=CC=CC3(O)O)OC2(C)C)CN1Cc1ccccc1. The van der Waals surface area contributed by atoms with Crippen molar-refractivity contribution in [1.29, 1.82) is 0 Å². The van der Waals surface area contributed by atoms with E-state index in [1.54, 1.807) is 18.2 Å². The maximum Gasteiger partial charge on any atom is 0.214 e. The molecule has 5 heteroatoms. The summed E-state index contributed by atoms with van der Waals surface area (Å²) in [6, 6.07) is 17.5. The molecular formula is C32H38FNO3. The smallest absolute Gasteiger partial charge is 0.214 e. The summed E-state index contributed by atoms with van der Waals surface area (Å²) < 4.78 is 20.4. The molecule has 0 amide bonds. The molecule has 4 nitrogen and oxygen atoms in total. The zero-order valence-electron chi connectivity index (χ0n) is 22.2. The van der Waals surface area contributed by atoms with Gasteiger partial charge in [-0.1, -0.05) is 68.8 Å². The molecule has 1 aliphatic carbocycles. The molecule has 0 spiro atoms. The summed E-state index contributed by atoms with van der Waals surface area (Å²) in [5.74, 6) is -1.76. The Labute approximate surface area is 219 Å². The molecule has 0 radical (unpaired) electrons. The van der Waals surface area contributed by atoms with Crippen LogP contribution in [0.1, 0.15) is 58.1 Å². The van der Waals surface area contributed by atoms with Gasteiger partial charge in [0.15, 0.2) is 0 Å². The summed E-state index contributed by atoms with van der Waals surface area (Å²) in [6.07, 6.45) is 7.64. The number of aliphatic hydroxyl groups is 2. The molecule has 0 aromatic heterocycles. The minimum absolute atomic E-state index is 0.00141. The molecule has 2 aromatic rings. The lowest BCUT2D eigenvalue weighted by molar-refractivity contribution is -0.111. The highest BCUT2D eigenvalue weighted by atomic mass is 19.1. The molecule has 2 aromatic carbocycles. The van der Waals surface area contributed by atoms with Crippen LogP contribution < -0.4 is 0 Å². The quantitative estimate of drug-likeness (QED) is 0.474. The Hall–Kier alpha value is -2.73. The van der Waals surface area contributed by atoms with Crippen molar-refractivity contribution in [2.24, 2.45) is 5.92 Å². The first-order valence-electron chi connectivity index (χ1n) is 13.4. The van der Waals surface area contributed by atoms with E-state index in [4.69, 9.17) is 4.74 Å². The van der Waals surface area contributed by atoms with E-state index < -0.39 is 11.4 Å². The summed E-state index contributed by atoms with van der Waals surface area (Å²) in [7, 11) is 0. The van der Waals surface area contributed by atoms with Crippen LogP contribution in [0.15, 0.2) is 89.7 Å². The van der Waals surface area contributed by atoms with Gasteiger partial charge in [-0.3, -0.25) is 4.90 Å². The van der Waals surface area contributed by atoms with Crippen LogP contribution in [0, 0.1) is 11.7 Å². The highest BCUT2D eigenvalue weighted by molar-refractivity contribution is 5.50. The largest absolute Gasteiger partial charge is 0.487 e. The van der Waals surface area contributed by atoms with Gasteiger partial charge in [-0.2, -0.15) is 0 Å². The van der Waals surface area contributed by atoms with Crippen LogP contribution in [0.3, 0.4) is 0 Å². The zero-order valence-corrected chi connectivity index (χ0v) is 22.2. The van der Waals surface area contributed by atoms with Crippen LogP contribution in [0.2, 0.25) is 0 Å². The topological polar surface area (TPSA) is 52.9 Å². The average Bonchev–Trinajstić information content (AvgIpc) is 2.84. The molecule has 3 unspecified atom stereocenters. The van der Waals surface area contributed by atoms with E-state index in [1.807, 2.05) is 24.3 Å². The van der Waals surface area contributed by atoms with Crippen molar-refractivity contribution in [3.8, 4) is 0 Å². The lowest BCUT2D eigenvalue weighted by Gasteiger charge is -2.55. The number of likely N-dealkylation sites (tertiary alicyclic amines) is 1. The summed E-state index contributed by atoms with van der Waals surface area (Å²) in [5.41, 5.74) is 3.10. The van der Waals surface area contributed by atoms with E-state index in [-0.39, 0.29) is 23.2 Å². The van der Waals surface area contributed by atoms with Crippen LogP contribution in [0.4, 0.5) is 4.39 Å². The van der Waals surface area contributed by atoms with Crippen molar-refractivity contribution in [2.45, 2.75) is 76.3 Å². The van der Waals surface area contributed by atoms with Gasteiger partial charge in [-0.25, -0.2) is 4.39 Å². The van der Waals surface area contributed by atoms with Gasteiger partial charge in [-0.15, -0.1) is 0 Å². The van der Waals surface area contributed by atoms with E-state index in [0.29, 0.717) is 17.9 Å². The summed E-state index contributed by atoms with van der Waals surface area (Å²) in [6.45, 7) is 10.0. The zero-order chi connectivity index (χ0) is 26.4. The fourth-order valence-corrected chi connectivity index (χ4v) is 6.86. The van der Waals surface area contributed by atoms with Crippen LogP contribution in [0.5, 0.6) is 0 Å². The molecule has 3 atom stereocenters. The Balaban J connectivity index is 1.65. The molecule has 0 bridgehead atoms. The van der Waals surface area contributed by atoms with E-state index in [0.717, 1.165) is 36.9 Å². The van der Waals surface area contributed by atoms with E-state index in [9.17, 15) is 14.6 Å². The number of piperidine rings is 1. The molecule has 5 rings (SSSR count). The molecule has 0 saturated carbocycles. The standard InChI is InChI=1S/C32H38FNO3/c1-5-17-31(4,23-13-15-24(33)16-14-23)28-19-26-25(21-34(28)20-22-10-7-6-8-11-22)29-27(37-30(26,2)3)12-9-18-32(29,35)36/h6-16,18,26,28,35-36H,5,17,19-21H2,1-4H3. The van der Waals surface area contributed by atoms with E-state index in [2.05, 4.69) is 56.9 Å². The number of rotatable bonds is 6. The number of hydrogen-bond donors (Lipinski definition) is 2. The van der Waals surface area contributed by atoms with Crippen molar-refractivity contribution in [3.05, 3.63) is 107 Å². The Bertz CT molecular complexity index is 1230. The van der Waals surface area contributed by atoms with Crippen LogP contribution >= 0.6 is 0 Å². The highest BCUT2D eigenvalue weighted by Gasteiger charge is 2.53. The Morgan fingerprint density at radius 2 is 1.78 bits per heavy atom. The highest BCUT2D eigenvalue weighted by Crippen LogP contribution is 2.52. The van der Waals surface area contributed by atoms with Crippen LogP contribution in [0.25, 0.3) is 0 Å². The first kappa shape index (κ1) is 25.9. The van der Waals surface area contributed by atoms with Gasteiger partial charge >= 0.3 is 0 Å². The van der Waals surface area contributed by atoms with E-state index in [1.165, 1.54) is 11.6 Å². The van der Waals surface area contributed by atoms with E-state index >= 15 is 0 Å². The van der Waals surface area contributed by atoms with Crippen molar-refractivity contribution < 1.29 is 19.3 Å². The number of ether oxygens (including phenoxy) is 1. The normalized spacial score (nSPS) is 26.0. The van der Waals surface area contributed by atoms with Gasteiger partial charge in [0.1, 0.15) is 17.2 Å². The average molecular weight is 504 g/mol. The molecule has 1 saturated heterocycles. The van der Waals surface area contributed by atoms with Crippen LogP contribution in [-0.2, 0) is 16.7 Å². The maximum atomic E-state index is 13.9. The molecular weight excluding hydrogens is 465 g/mol. The lowest BCUT2D eigenvalue weighted by atomic mass is 9.63. The minimum Gasteiger partial charge on any atom is -0.487 e. The second-order valence-corrected chi connectivity index (χ2v) is 11.6. The first-order chi connectivity index (χ1) is 17.5. The Kier molecular flexibility index (Phi) is 6.68. The number of benzene rings is 2. The third-order valence-corrected chi connectivity index (χ3v) is 8.65. The number of allylic oxidation sites excluding steroid dienone is 2. The van der Waals surface area contributed by atoms with Crippen LogP contribution in [-0.4, -0.2) is 39.1 Å². The summed E-state index contributed by atoms with van der Waals surface area (Å²) in [5, 5.41) is 22.0. The molecule has 1 fully saturated rings. The van der Waals surface area contributed by atoms with Gasteiger partial charge in [0.05, 0.1) is 5.57 Å². The second-order valence-electron chi connectivity index (χ2n) is 11.6. The van der Waals surface area contributed by atoms with Crippen molar-refractivity contribution in [1.82, 2.24) is 4.90 Å². The van der Waals surface area contributed by atoms with Crippen molar-refractivity contribution in [2.75, 3.05) is 6.54 Å². The number of hydrogen-bond acceptors (Lipinski definition) is 4. The number of halogens is 1. The third-order valence-electron chi connectivity index (χ3n) is 8.65. The molecule has 2 N–H and O–H groups in total. The molecule has 196 valence electrons. The number of fused-ring (bicyclic) bond motifs is 2. The fraction of sp³-hybridized carbons (Fsp3) is 0.438. The third kappa shape index (κ3) is 4.69. The van der Waals surface area contributed by atoms with Crippen molar-refractivity contribution >= 4 is 0 Å². The molecule has 2 heterocycles. The van der Waals surface area contributed by atoms with Crippen molar-refractivity contribution in [3.63, 3.8) is 0 Å². The predicted octanol–water partition coefficient (Wildman–Crippen LogP) is 6.01. The maximum absolute atomic E-state index is 13.9. The van der Waals surface area contributed by atoms with Gasteiger partial charge in [-0.05, 0) is 67.7 Å². The first-order valence-corrected chi connectivity index (χ1v) is 13.4. The van der Waals surface area contributed by atoms with Gasteiger partial charge in [0.2, 0.25) is 5.79 Å². The Morgan fingerprint density at radius 3 is 2.46 bits per heavy atom. The van der Waals surface area contributed by atoms with Gasteiger partial charge < -0.3 is 14.9 Å². The molecule has 37 heavy (non-hydrogen) atoms. The van der Waals surface area contributed by atoms with Gasteiger partial charge in [0, 0.05) is 30.5 Å². The minimum atomic E-state index is -2.07. The fourth-order valence-electron chi connectivity index (χ4n) is 6.86. The summed E-state index contributed by atoms with van der Waals surface area (Å²) in [4.78, 5) is 2.49. The predicted molar refractivity (Wildman–Crippen MR) is 144 cm³/mol.